The van der Waals surface area contributed by atoms with Crippen molar-refractivity contribution in [2.24, 2.45) is 0 Å². The number of carbonyl (C=O) groups is 1. The van der Waals surface area contributed by atoms with Crippen molar-refractivity contribution in [2.45, 2.75) is 13.0 Å². The zero-order valence-corrected chi connectivity index (χ0v) is 11.0. The van der Waals surface area contributed by atoms with Crippen molar-refractivity contribution in [3.05, 3.63) is 64.7 Å². The standard InChI is InChI=1S/C15H11BF2O3/c17-12-2-1-3-13(18)15(12)14(19)7-9-4-5-10-8-21-16(20)11(10)6-9/h1-6,20H,7-8H2. The number of ketones is 1. The molecule has 106 valence electrons. The molecule has 0 amide bonds. The predicted molar refractivity (Wildman–Crippen MR) is 73.2 cm³/mol. The minimum Gasteiger partial charge on any atom is -0.423 e. The molecule has 2 aromatic rings. The van der Waals surface area contributed by atoms with E-state index in [1.54, 1.807) is 18.2 Å². The van der Waals surface area contributed by atoms with Crippen LogP contribution in [0.15, 0.2) is 36.4 Å². The Hall–Kier alpha value is -2.05. The van der Waals surface area contributed by atoms with Crippen LogP contribution in [0.1, 0.15) is 21.5 Å². The van der Waals surface area contributed by atoms with E-state index in [0.717, 1.165) is 17.7 Å². The zero-order valence-electron chi connectivity index (χ0n) is 11.0. The number of hydrogen-bond donors (Lipinski definition) is 1. The van der Waals surface area contributed by atoms with Crippen molar-refractivity contribution in [3.63, 3.8) is 0 Å². The van der Waals surface area contributed by atoms with Crippen molar-refractivity contribution in [3.8, 4) is 0 Å². The molecule has 1 heterocycles. The summed E-state index contributed by atoms with van der Waals surface area (Å²) in [6, 6.07) is 8.38. The highest BCUT2D eigenvalue weighted by Gasteiger charge is 2.27. The van der Waals surface area contributed by atoms with Gasteiger partial charge >= 0.3 is 7.12 Å². The second-order valence-corrected chi connectivity index (χ2v) is 4.89. The van der Waals surface area contributed by atoms with E-state index in [4.69, 9.17) is 4.65 Å². The molecule has 0 saturated carbocycles. The van der Waals surface area contributed by atoms with Gasteiger partial charge in [0.2, 0.25) is 0 Å². The Morgan fingerprint density at radius 3 is 2.67 bits per heavy atom. The highest BCUT2D eigenvalue weighted by atomic mass is 19.1. The molecule has 0 atom stereocenters. The van der Waals surface area contributed by atoms with Crippen molar-refractivity contribution >= 4 is 18.4 Å². The molecule has 1 aliphatic heterocycles. The molecule has 3 rings (SSSR count). The lowest BCUT2D eigenvalue weighted by Gasteiger charge is -2.06. The van der Waals surface area contributed by atoms with Gasteiger partial charge in [-0.15, -0.1) is 0 Å². The molecule has 0 aliphatic carbocycles. The van der Waals surface area contributed by atoms with Crippen LogP contribution in [0, 0.1) is 11.6 Å². The minimum atomic E-state index is -1.01. The Balaban J connectivity index is 1.87. The van der Waals surface area contributed by atoms with Crippen LogP contribution >= 0.6 is 0 Å². The number of Topliss-reactive ketones (excluding diaryl/α,β-unsaturated/α-hetero) is 1. The van der Waals surface area contributed by atoms with Gasteiger partial charge in [-0.25, -0.2) is 8.78 Å². The average molecular weight is 288 g/mol. The molecule has 2 aromatic carbocycles. The molecule has 0 saturated heterocycles. The summed E-state index contributed by atoms with van der Waals surface area (Å²) < 4.78 is 32.2. The molecular weight excluding hydrogens is 277 g/mol. The number of halogens is 2. The molecule has 1 aliphatic rings. The second-order valence-electron chi connectivity index (χ2n) is 4.89. The Morgan fingerprint density at radius 2 is 1.95 bits per heavy atom. The summed E-state index contributed by atoms with van der Waals surface area (Å²) in [6.45, 7) is 0.312. The van der Waals surface area contributed by atoms with Crippen LogP contribution in [0.4, 0.5) is 8.78 Å². The number of benzene rings is 2. The van der Waals surface area contributed by atoms with Crippen LogP contribution in [-0.4, -0.2) is 17.9 Å². The van der Waals surface area contributed by atoms with E-state index < -0.39 is 30.1 Å². The third kappa shape index (κ3) is 2.60. The summed E-state index contributed by atoms with van der Waals surface area (Å²) >= 11 is 0. The van der Waals surface area contributed by atoms with Crippen molar-refractivity contribution in [1.82, 2.24) is 0 Å². The van der Waals surface area contributed by atoms with Crippen molar-refractivity contribution in [1.29, 1.82) is 0 Å². The van der Waals surface area contributed by atoms with Crippen LogP contribution in [-0.2, 0) is 17.7 Å². The van der Waals surface area contributed by atoms with Gasteiger partial charge in [-0.3, -0.25) is 4.79 Å². The highest BCUT2D eigenvalue weighted by molar-refractivity contribution is 6.61. The fourth-order valence-corrected chi connectivity index (χ4v) is 2.41. The largest absolute Gasteiger partial charge is 0.491 e. The van der Waals surface area contributed by atoms with E-state index >= 15 is 0 Å². The summed E-state index contributed by atoms with van der Waals surface area (Å²) in [6.07, 6.45) is -0.141. The molecule has 0 bridgehead atoms. The molecular formula is C15H11BF2O3. The summed E-state index contributed by atoms with van der Waals surface area (Å²) in [5.41, 5.74) is 1.48. The van der Waals surface area contributed by atoms with Crippen molar-refractivity contribution in [2.75, 3.05) is 0 Å². The summed E-state index contributed by atoms with van der Waals surface area (Å²) in [4.78, 5) is 12.1. The topological polar surface area (TPSA) is 46.5 Å². The lowest BCUT2D eigenvalue weighted by Crippen LogP contribution is -2.28. The summed E-state index contributed by atoms with van der Waals surface area (Å²) in [5, 5.41) is 9.62. The molecule has 0 spiro atoms. The van der Waals surface area contributed by atoms with Crippen LogP contribution in [0.3, 0.4) is 0 Å². The van der Waals surface area contributed by atoms with Crippen LogP contribution in [0.25, 0.3) is 0 Å². The average Bonchev–Trinajstić information content (AvgIpc) is 2.80. The smallest absolute Gasteiger partial charge is 0.423 e. The van der Waals surface area contributed by atoms with Gasteiger partial charge in [-0.05, 0) is 28.7 Å². The number of rotatable bonds is 3. The number of hydrogen-bond acceptors (Lipinski definition) is 3. The van der Waals surface area contributed by atoms with Gasteiger partial charge in [0.1, 0.15) is 11.6 Å². The minimum absolute atomic E-state index is 0.141. The maximum Gasteiger partial charge on any atom is 0.491 e. The SMILES string of the molecule is O=C(Cc1ccc2c(c1)B(O)OC2)c1c(F)cccc1F. The predicted octanol–water partition coefficient (Wildman–Crippen LogP) is 1.61. The molecule has 0 radical (unpaired) electrons. The van der Waals surface area contributed by atoms with E-state index in [2.05, 4.69) is 0 Å². The first kappa shape index (κ1) is 13.9. The van der Waals surface area contributed by atoms with Crippen LogP contribution < -0.4 is 5.46 Å². The van der Waals surface area contributed by atoms with E-state index in [0.29, 0.717) is 17.6 Å². The Bertz CT molecular complexity index is 698. The molecule has 1 N–H and O–H groups in total. The Morgan fingerprint density at radius 1 is 1.24 bits per heavy atom. The Labute approximate surface area is 120 Å². The first-order valence-electron chi connectivity index (χ1n) is 6.45. The molecule has 0 fully saturated rings. The van der Waals surface area contributed by atoms with Crippen LogP contribution in [0.2, 0.25) is 0 Å². The lowest BCUT2D eigenvalue weighted by atomic mass is 9.78. The van der Waals surface area contributed by atoms with Gasteiger partial charge in [0.25, 0.3) is 0 Å². The summed E-state index contributed by atoms with van der Waals surface area (Å²) in [7, 11) is -1.01. The maximum atomic E-state index is 13.6. The normalized spacial score (nSPS) is 13.4. The van der Waals surface area contributed by atoms with Gasteiger partial charge in [-0.1, -0.05) is 24.3 Å². The monoisotopic (exact) mass is 288 g/mol. The molecule has 0 unspecified atom stereocenters. The molecule has 6 heteroatoms. The van der Waals surface area contributed by atoms with Gasteiger partial charge in [0.05, 0.1) is 12.2 Å². The summed E-state index contributed by atoms with van der Waals surface area (Å²) in [5.74, 6) is -2.38. The maximum absolute atomic E-state index is 13.6. The Kier molecular flexibility index (Phi) is 3.57. The molecule has 0 aromatic heterocycles. The van der Waals surface area contributed by atoms with Gasteiger partial charge in [-0.2, -0.15) is 0 Å². The highest BCUT2D eigenvalue weighted by Crippen LogP contribution is 2.17. The number of carbonyl (C=O) groups excluding carboxylic acids is 1. The molecule has 21 heavy (non-hydrogen) atoms. The third-order valence-corrected chi connectivity index (χ3v) is 3.48. The van der Waals surface area contributed by atoms with E-state index in [-0.39, 0.29) is 6.42 Å². The van der Waals surface area contributed by atoms with Gasteiger partial charge in [0, 0.05) is 6.42 Å². The van der Waals surface area contributed by atoms with Crippen molar-refractivity contribution < 1.29 is 23.3 Å². The third-order valence-electron chi connectivity index (χ3n) is 3.48. The zero-order chi connectivity index (χ0) is 15.0. The lowest BCUT2D eigenvalue weighted by molar-refractivity contribution is 0.0985. The molecule has 3 nitrogen and oxygen atoms in total. The first-order chi connectivity index (χ1) is 10.1. The van der Waals surface area contributed by atoms with E-state index in [1.165, 1.54) is 6.07 Å². The van der Waals surface area contributed by atoms with E-state index in [1.807, 2.05) is 0 Å². The van der Waals surface area contributed by atoms with Gasteiger partial charge in [0.15, 0.2) is 5.78 Å². The fourth-order valence-electron chi connectivity index (χ4n) is 2.41. The van der Waals surface area contributed by atoms with Gasteiger partial charge < -0.3 is 9.68 Å². The quantitative estimate of drug-likeness (QED) is 0.689. The first-order valence-corrected chi connectivity index (χ1v) is 6.45. The second kappa shape index (κ2) is 5.39. The van der Waals surface area contributed by atoms with Crippen LogP contribution in [0.5, 0.6) is 0 Å². The van der Waals surface area contributed by atoms with E-state index in [9.17, 15) is 18.6 Å². The number of fused-ring (bicyclic) bond motifs is 1. The fraction of sp³-hybridized carbons (Fsp3) is 0.133.